The zero-order valence-electron chi connectivity index (χ0n) is 12.8. The molecular formula is C16H18N4OS. The van der Waals surface area contributed by atoms with E-state index in [1.54, 1.807) is 6.21 Å². The highest BCUT2D eigenvalue weighted by atomic mass is 32.2. The van der Waals surface area contributed by atoms with E-state index in [0.29, 0.717) is 5.16 Å². The van der Waals surface area contributed by atoms with E-state index >= 15 is 0 Å². The van der Waals surface area contributed by atoms with Gasteiger partial charge in [-0.15, -0.1) is 0 Å². The molecule has 0 aliphatic carbocycles. The quantitative estimate of drug-likeness (QED) is 0.399. The van der Waals surface area contributed by atoms with Crippen LogP contribution in [0, 0.1) is 20.8 Å². The van der Waals surface area contributed by atoms with Crippen LogP contribution in [0.25, 0.3) is 0 Å². The van der Waals surface area contributed by atoms with Crippen LogP contribution in [-0.2, 0) is 4.79 Å². The molecule has 0 fully saturated rings. The molecule has 1 aromatic heterocycles. The number of nitrogens with one attached hydrogen (secondary N) is 1. The maximum absolute atomic E-state index is 11.8. The summed E-state index contributed by atoms with van der Waals surface area (Å²) in [7, 11) is 0. The van der Waals surface area contributed by atoms with Crippen LogP contribution >= 0.6 is 11.8 Å². The Morgan fingerprint density at radius 3 is 2.59 bits per heavy atom. The van der Waals surface area contributed by atoms with Gasteiger partial charge in [0, 0.05) is 11.4 Å². The molecule has 22 heavy (non-hydrogen) atoms. The van der Waals surface area contributed by atoms with E-state index in [9.17, 15) is 4.79 Å². The number of carbonyl (C=O) groups excluding carboxylic acids is 1. The molecular weight excluding hydrogens is 296 g/mol. The molecule has 2 rings (SSSR count). The lowest BCUT2D eigenvalue weighted by Gasteiger charge is -2.02. The van der Waals surface area contributed by atoms with E-state index in [1.165, 1.54) is 11.8 Å². The van der Waals surface area contributed by atoms with Crippen LogP contribution in [0.2, 0.25) is 0 Å². The fraction of sp³-hybridized carbons (Fsp3) is 0.250. The second-order valence-electron chi connectivity index (χ2n) is 4.87. The van der Waals surface area contributed by atoms with Crippen molar-refractivity contribution in [3.63, 3.8) is 0 Å². The van der Waals surface area contributed by atoms with E-state index in [1.807, 2.05) is 51.1 Å². The van der Waals surface area contributed by atoms with Gasteiger partial charge in [0.2, 0.25) is 0 Å². The molecule has 0 radical (unpaired) electrons. The third-order valence-electron chi connectivity index (χ3n) is 2.88. The minimum atomic E-state index is -0.183. The zero-order valence-corrected chi connectivity index (χ0v) is 13.6. The standard InChI is InChI=1S/C16H18N4OS/c1-11-6-4-5-7-14(11)9-17-20-15(21)10-22-16-18-12(2)8-13(3)19-16/h4-9H,10H2,1-3H3,(H,20,21)/b17-9+. The molecule has 6 heteroatoms. The highest BCUT2D eigenvalue weighted by Crippen LogP contribution is 2.13. The Bertz CT molecular complexity index is 680. The number of nitrogens with zero attached hydrogens (tertiary/aromatic N) is 3. The van der Waals surface area contributed by atoms with Crippen molar-refractivity contribution in [2.24, 2.45) is 5.10 Å². The first-order valence-electron chi connectivity index (χ1n) is 6.87. The molecule has 1 heterocycles. The number of rotatable bonds is 5. The van der Waals surface area contributed by atoms with Crippen molar-refractivity contribution < 1.29 is 4.79 Å². The van der Waals surface area contributed by atoms with Gasteiger partial charge in [0.15, 0.2) is 5.16 Å². The maximum atomic E-state index is 11.8. The van der Waals surface area contributed by atoms with Crippen LogP contribution in [0.4, 0.5) is 0 Å². The van der Waals surface area contributed by atoms with Crippen molar-refractivity contribution in [1.82, 2.24) is 15.4 Å². The zero-order chi connectivity index (χ0) is 15.9. The molecule has 0 saturated carbocycles. The molecule has 2 aromatic rings. The van der Waals surface area contributed by atoms with E-state index in [4.69, 9.17) is 0 Å². The number of aromatic nitrogens is 2. The Kier molecular flexibility index (Phi) is 5.66. The number of aryl methyl sites for hydroxylation is 3. The normalized spacial score (nSPS) is 10.9. The number of hydrogen-bond donors (Lipinski definition) is 1. The Hall–Kier alpha value is -2.21. The molecule has 0 aliphatic heterocycles. The van der Waals surface area contributed by atoms with Gasteiger partial charge in [-0.3, -0.25) is 4.79 Å². The van der Waals surface area contributed by atoms with E-state index in [2.05, 4.69) is 20.5 Å². The summed E-state index contributed by atoms with van der Waals surface area (Å²) >= 11 is 1.30. The third kappa shape index (κ3) is 4.96. The summed E-state index contributed by atoms with van der Waals surface area (Å²) in [6, 6.07) is 9.74. The molecule has 114 valence electrons. The average molecular weight is 314 g/mol. The average Bonchev–Trinajstić information content (AvgIpc) is 2.46. The van der Waals surface area contributed by atoms with Crippen LogP contribution < -0.4 is 5.43 Å². The molecule has 0 bridgehead atoms. The van der Waals surface area contributed by atoms with Gasteiger partial charge >= 0.3 is 0 Å². The van der Waals surface area contributed by atoms with Crippen LogP contribution in [0.5, 0.6) is 0 Å². The fourth-order valence-corrected chi connectivity index (χ4v) is 2.57. The van der Waals surface area contributed by atoms with Crippen molar-refractivity contribution in [2.45, 2.75) is 25.9 Å². The van der Waals surface area contributed by atoms with E-state index in [-0.39, 0.29) is 11.7 Å². The highest BCUT2D eigenvalue weighted by Gasteiger charge is 2.05. The Labute approximate surface area is 134 Å². The molecule has 0 spiro atoms. The first kappa shape index (κ1) is 16.2. The lowest BCUT2D eigenvalue weighted by atomic mass is 10.1. The summed E-state index contributed by atoms with van der Waals surface area (Å²) in [6.07, 6.45) is 1.64. The van der Waals surface area contributed by atoms with Gasteiger partial charge in [-0.05, 0) is 38.0 Å². The Morgan fingerprint density at radius 2 is 1.91 bits per heavy atom. The molecule has 0 saturated heterocycles. The van der Waals surface area contributed by atoms with Crippen LogP contribution in [0.3, 0.4) is 0 Å². The van der Waals surface area contributed by atoms with Crippen LogP contribution in [0.15, 0.2) is 40.6 Å². The maximum Gasteiger partial charge on any atom is 0.250 e. The molecule has 5 nitrogen and oxygen atoms in total. The largest absolute Gasteiger partial charge is 0.272 e. The lowest BCUT2D eigenvalue weighted by Crippen LogP contribution is -2.19. The molecule has 0 unspecified atom stereocenters. The van der Waals surface area contributed by atoms with E-state index in [0.717, 1.165) is 22.5 Å². The van der Waals surface area contributed by atoms with Gasteiger partial charge in [0.25, 0.3) is 5.91 Å². The second kappa shape index (κ2) is 7.70. The monoisotopic (exact) mass is 314 g/mol. The van der Waals surface area contributed by atoms with Crippen molar-refractivity contribution >= 4 is 23.9 Å². The fourth-order valence-electron chi connectivity index (χ4n) is 1.83. The van der Waals surface area contributed by atoms with Gasteiger partial charge in [0.05, 0.1) is 12.0 Å². The van der Waals surface area contributed by atoms with Crippen molar-refractivity contribution in [2.75, 3.05) is 5.75 Å². The Balaban J connectivity index is 1.84. The number of amides is 1. The summed E-state index contributed by atoms with van der Waals surface area (Å²) in [5, 5.41) is 4.58. The smallest absolute Gasteiger partial charge is 0.250 e. The number of benzene rings is 1. The molecule has 0 atom stereocenters. The number of hydrazone groups is 1. The van der Waals surface area contributed by atoms with Crippen molar-refractivity contribution in [1.29, 1.82) is 0 Å². The molecule has 0 aliphatic rings. The van der Waals surface area contributed by atoms with Gasteiger partial charge in [-0.2, -0.15) is 5.10 Å². The topological polar surface area (TPSA) is 67.2 Å². The summed E-state index contributed by atoms with van der Waals surface area (Å²) in [5.74, 6) is 0.0474. The molecule has 1 amide bonds. The highest BCUT2D eigenvalue weighted by molar-refractivity contribution is 7.99. The Morgan fingerprint density at radius 1 is 1.23 bits per heavy atom. The van der Waals surface area contributed by atoms with Crippen LogP contribution in [-0.4, -0.2) is 27.8 Å². The van der Waals surface area contributed by atoms with Crippen molar-refractivity contribution in [3.05, 3.63) is 52.8 Å². The predicted molar refractivity (Wildman–Crippen MR) is 89.1 cm³/mol. The number of hydrogen-bond acceptors (Lipinski definition) is 5. The van der Waals surface area contributed by atoms with Crippen molar-refractivity contribution in [3.8, 4) is 0 Å². The van der Waals surface area contributed by atoms with Gasteiger partial charge in [-0.1, -0.05) is 36.0 Å². The predicted octanol–water partition coefficient (Wildman–Crippen LogP) is 2.64. The minimum Gasteiger partial charge on any atom is -0.272 e. The summed E-state index contributed by atoms with van der Waals surface area (Å²) in [6.45, 7) is 5.81. The van der Waals surface area contributed by atoms with Gasteiger partial charge < -0.3 is 0 Å². The summed E-state index contributed by atoms with van der Waals surface area (Å²) in [4.78, 5) is 20.3. The number of thioether (sulfide) groups is 1. The lowest BCUT2D eigenvalue weighted by molar-refractivity contribution is -0.118. The SMILES string of the molecule is Cc1cc(C)nc(SCC(=O)N/N=C/c2ccccc2C)n1. The summed E-state index contributed by atoms with van der Waals surface area (Å²) in [5.41, 5.74) is 6.39. The first-order valence-corrected chi connectivity index (χ1v) is 7.86. The van der Waals surface area contributed by atoms with Gasteiger partial charge in [0.1, 0.15) is 0 Å². The first-order chi connectivity index (χ1) is 10.5. The second-order valence-corrected chi connectivity index (χ2v) is 5.81. The van der Waals surface area contributed by atoms with Gasteiger partial charge in [-0.25, -0.2) is 15.4 Å². The van der Waals surface area contributed by atoms with E-state index < -0.39 is 0 Å². The molecule has 1 N–H and O–H groups in total. The number of carbonyl (C=O) groups is 1. The minimum absolute atomic E-state index is 0.183. The summed E-state index contributed by atoms with van der Waals surface area (Å²) < 4.78 is 0. The third-order valence-corrected chi connectivity index (χ3v) is 3.72. The molecule has 1 aromatic carbocycles. The van der Waals surface area contributed by atoms with Crippen LogP contribution in [0.1, 0.15) is 22.5 Å².